The Labute approximate surface area is 207 Å². The summed E-state index contributed by atoms with van der Waals surface area (Å²) in [5.41, 5.74) is 5.26. The Morgan fingerprint density at radius 1 is 0.971 bits per heavy atom. The molecule has 0 spiro atoms. The lowest BCUT2D eigenvalue weighted by molar-refractivity contribution is -0.136. The number of carbonyl (C=O) groups is 2. The standard InChI is InChI=1S/C25H23Cl2N3O4/c1-3-33-22-13-17(11-12-21(22)34-15-18-8-5-4-7-16(18)2)14-28-30-25(32)24(31)29-20-10-6-9-19(26)23(20)27/h4-14H,3,15H2,1-2H3,(H,29,31)(H,30,32)/b28-14+. The monoisotopic (exact) mass is 499 g/mol. The van der Waals surface area contributed by atoms with Crippen molar-refractivity contribution >= 4 is 46.9 Å². The first-order chi connectivity index (χ1) is 16.4. The van der Waals surface area contributed by atoms with Crippen LogP contribution in [0.2, 0.25) is 10.0 Å². The first-order valence-corrected chi connectivity index (χ1v) is 11.2. The summed E-state index contributed by atoms with van der Waals surface area (Å²) in [6.45, 7) is 4.75. The molecule has 0 aliphatic heterocycles. The van der Waals surface area contributed by atoms with Gasteiger partial charge in [-0.05, 0) is 60.9 Å². The van der Waals surface area contributed by atoms with Gasteiger partial charge in [-0.1, -0.05) is 53.5 Å². The van der Waals surface area contributed by atoms with Gasteiger partial charge in [-0.3, -0.25) is 9.59 Å². The van der Waals surface area contributed by atoms with Crippen LogP contribution < -0.4 is 20.2 Å². The zero-order chi connectivity index (χ0) is 24.5. The summed E-state index contributed by atoms with van der Waals surface area (Å²) >= 11 is 11.9. The third kappa shape index (κ3) is 6.73. The van der Waals surface area contributed by atoms with Crippen molar-refractivity contribution in [1.29, 1.82) is 0 Å². The normalized spacial score (nSPS) is 10.7. The Morgan fingerprint density at radius 3 is 2.53 bits per heavy atom. The predicted octanol–water partition coefficient (Wildman–Crippen LogP) is 5.37. The number of aryl methyl sites for hydroxylation is 1. The van der Waals surface area contributed by atoms with Crippen molar-refractivity contribution in [3.63, 3.8) is 0 Å². The van der Waals surface area contributed by atoms with Crippen molar-refractivity contribution in [2.45, 2.75) is 20.5 Å². The molecular weight excluding hydrogens is 477 g/mol. The van der Waals surface area contributed by atoms with Crippen LogP contribution >= 0.6 is 23.2 Å². The number of carbonyl (C=O) groups excluding carboxylic acids is 2. The second kappa shape index (κ2) is 12.1. The van der Waals surface area contributed by atoms with Gasteiger partial charge >= 0.3 is 11.8 Å². The maximum atomic E-state index is 12.1. The van der Waals surface area contributed by atoms with E-state index in [0.29, 0.717) is 30.3 Å². The number of nitrogens with zero attached hydrogens (tertiary/aromatic N) is 1. The molecular formula is C25H23Cl2N3O4. The van der Waals surface area contributed by atoms with E-state index >= 15 is 0 Å². The summed E-state index contributed by atoms with van der Waals surface area (Å²) in [4.78, 5) is 24.1. The van der Waals surface area contributed by atoms with Gasteiger partial charge < -0.3 is 14.8 Å². The zero-order valence-corrected chi connectivity index (χ0v) is 20.1. The fourth-order valence-corrected chi connectivity index (χ4v) is 3.26. The minimum absolute atomic E-state index is 0.141. The lowest BCUT2D eigenvalue weighted by Crippen LogP contribution is -2.32. The Hall–Kier alpha value is -3.55. The highest BCUT2D eigenvalue weighted by molar-refractivity contribution is 6.45. The van der Waals surface area contributed by atoms with Crippen LogP contribution in [-0.2, 0) is 16.2 Å². The van der Waals surface area contributed by atoms with Crippen molar-refractivity contribution in [2.24, 2.45) is 5.10 Å². The third-order valence-electron chi connectivity index (χ3n) is 4.70. The number of nitrogens with one attached hydrogen (secondary N) is 2. The molecule has 0 aliphatic carbocycles. The van der Waals surface area contributed by atoms with E-state index in [4.69, 9.17) is 32.7 Å². The molecule has 0 radical (unpaired) electrons. The quantitative estimate of drug-likeness (QED) is 0.247. The van der Waals surface area contributed by atoms with Crippen LogP contribution in [-0.4, -0.2) is 24.6 Å². The van der Waals surface area contributed by atoms with Crippen LogP contribution in [0.4, 0.5) is 5.69 Å². The largest absolute Gasteiger partial charge is 0.490 e. The molecule has 0 aromatic heterocycles. The van der Waals surface area contributed by atoms with Gasteiger partial charge in [0.15, 0.2) is 11.5 Å². The summed E-state index contributed by atoms with van der Waals surface area (Å²) in [5, 5.41) is 6.63. The Morgan fingerprint density at radius 2 is 1.76 bits per heavy atom. The van der Waals surface area contributed by atoms with E-state index in [2.05, 4.69) is 15.8 Å². The van der Waals surface area contributed by atoms with E-state index in [-0.39, 0.29) is 15.7 Å². The number of rotatable bonds is 8. The van der Waals surface area contributed by atoms with Crippen molar-refractivity contribution in [1.82, 2.24) is 5.43 Å². The number of anilines is 1. The second-order valence-electron chi connectivity index (χ2n) is 7.11. The average molecular weight is 500 g/mol. The number of halogens is 2. The molecule has 3 aromatic rings. The Bertz CT molecular complexity index is 1210. The van der Waals surface area contributed by atoms with E-state index in [1.165, 1.54) is 12.3 Å². The molecule has 2 N–H and O–H groups in total. The van der Waals surface area contributed by atoms with Gasteiger partial charge in [0.05, 0.1) is 28.6 Å². The van der Waals surface area contributed by atoms with E-state index in [0.717, 1.165) is 11.1 Å². The fourth-order valence-electron chi connectivity index (χ4n) is 2.92. The van der Waals surface area contributed by atoms with Gasteiger partial charge in [-0.25, -0.2) is 5.43 Å². The minimum Gasteiger partial charge on any atom is -0.490 e. The van der Waals surface area contributed by atoms with Crippen molar-refractivity contribution in [3.8, 4) is 11.5 Å². The van der Waals surface area contributed by atoms with Gasteiger partial charge in [0, 0.05) is 0 Å². The van der Waals surface area contributed by atoms with Crippen LogP contribution in [0, 0.1) is 6.92 Å². The van der Waals surface area contributed by atoms with E-state index in [1.54, 1.807) is 30.3 Å². The molecule has 3 rings (SSSR count). The summed E-state index contributed by atoms with van der Waals surface area (Å²) in [7, 11) is 0. The number of hydrogen-bond acceptors (Lipinski definition) is 5. The highest BCUT2D eigenvalue weighted by Crippen LogP contribution is 2.30. The maximum absolute atomic E-state index is 12.1. The summed E-state index contributed by atoms with van der Waals surface area (Å²) in [6, 6.07) is 17.9. The molecule has 0 fully saturated rings. The van der Waals surface area contributed by atoms with Gasteiger partial charge in [-0.2, -0.15) is 5.10 Å². The summed E-state index contributed by atoms with van der Waals surface area (Å²) in [6.07, 6.45) is 1.39. The Balaban J connectivity index is 1.61. The van der Waals surface area contributed by atoms with Gasteiger partial charge in [0.1, 0.15) is 6.61 Å². The van der Waals surface area contributed by atoms with Gasteiger partial charge in [0.25, 0.3) is 0 Å². The summed E-state index contributed by atoms with van der Waals surface area (Å²) < 4.78 is 11.6. The van der Waals surface area contributed by atoms with Crippen LogP contribution in [0.1, 0.15) is 23.6 Å². The van der Waals surface area contributed by atoms with E-state index < -0.39 is 11.8 Å². The number of amides is 2. The van der Waals surface area contributed by atoms with Crippen molar-refractivity contribution < 1.29 is 19.1 Å². The van der Waals surface area contributed by atoms with Gasteiger partial charge in [0.2, 0.25) is 0 Å². The molecule has 7 nitrogen and oxygen atoms in total. The van der Waals surface area contributed by atoms with Crippen molar-refractivity contribution in [3.05, 3.63) is 87.4 Å². The first-order valence-electron chi connectivity index (χ1n) is 10.4. The number of ether oxygens (including phenoxy) is 2. The third-order valence-corrected chi connectivity index (χ3v) is 5.52. The molecule has 0 atom stereocenters. The summed E-state index contributed by atoms with van der Waals surface area (Å²) in [5.74, 6) is -0.768. The second-order valence-corrected chi connectivity index (χ2v) is 7.89. The highest BCUT2D eigenvalue weighted by Gasteiger charge is 2.15. The molecule has 0 aliphatic rings. The molecule has 0 saturated carbocycles. The van der Waals surface area contributed by atoms with Crippen LogP contribution in [0.5, 0.6) is 11.5 Å². The number of hydrazone groups is 1. The molecule has 0 unspecified atom stereocenters. The predicted molar refractivity (Wildman–Crippen MR) is 134 cm³/mol. The first kappa shape index (κ1) is 25.1. The topological polar surface area (TPSA) is 89.0 Å². The molecule has 9 heteroatoms. The molecule has 3 aromatic carbocycles. The van der Waals surface area contributed by atoms with Crippen LogP contribution in [0.15, 0.2) is 65.8 Å². The molecule has 0 heterocycles. The van der Waals surface area contributed by atoms with E-state index in [1.807, 2.05) is 38.1 Å². The van der Waals surface area contributed by atoms with Crippen LogP contribution in [0.3, 0.4) is 0 Å². The molecule has 0 saturated heterocycles. The fraction of sp³-hybridized carbons (Fsp3) is 0.160. The van der Waals surface area contributed by atoms with E-state index in [9.17, 15) is 9.59 Å². The molecule has 176 valence electrons. The van der Waals surface area contributed by atoms with Crippen LogP contribution in [0.25, 0.3) is 0 Å². The zero-order valence-electron chi connectivity index (χ0n) is 18.6. The minimum atomic E-state index is -0.962. The average Bonchev–Trinajstić information content (AvgIpc) is 2.82. The SMILES string of the molecule is CCOc1cc(/C=N/NC(=O)C(=O)Nc2cccc(Cl)c2Cl)ccc1OCc1ccccc1C. The smallest absolute Gasteiger partial charge is 0.329 e. The Kier molecular flexibility index (Phi) is 8.90. The lowest BCUT2D eigenvalue weighted by atomic mass is 10.1. The lowest BCUT2D eigenvalue weighted by Gasteiger charge is -2.13. The molecule has 34 heavy (non-hydrogen) atoms. The maximum Gasteiger partial charge on any atom is 0.329 e. The highest BCUT2D eigenvalue weighted by atomic mass is 35.5. The molecule has 2 amide bonds. The van der Waals surface area contributed by atoms with Crippen molar-refractivity contribution in [2.75, 3.05) is 11.9 Å². The molecule has 0 bridgehead atoms. The number of hydrogen-bond donors (Lipinski definition) is 2. The van der Waals surface area contributed by atoms with Gasteiger partial charge in [-0.15, -0.1) is 0 Å². The number of benzene rings is 3.